The first kappa shape index (κ1) is 10.8. The van der Waals surface area contributed by atoms with Crippen molar-refractivity contribution in [3.05, 3.63) is 23.8 Å². The van der Waals surface area contributed by atoms with Gasteiger partial charge in [0.1, 0.15) is 6.07 Å². The minimum absolute atomic E-state index is 0.195. The number of rotatable bonds is 1. The Hall–Kier alpha value is -1.69. The number of nitrogens with two attached hydrogens (primary N) is 1. The molecule has 0 amide bonds. The summed E-state index contributed by atoms with van der Waals surface area (Å²) in [6.07, 6.45) is 2.42. The lowest BCUT2D eigenvalue weighted by atomic mass is 10.0. The average Bonchev–Trinajstić information content (AvgIpc) is 2.58. The number of anilines is 2. The summed E-state index contributed by atoms with van der Waals surface area (Å²) >= 11 is 0. The van der Waals surface area contributed by atoms with Crippen LogP contribution in [0.5, 0.6) is 0 Å². The molecule has 16 heavy (non-hydrogen) atoms. The minimum atomic E-state index is 0.195. The van der Waals surface area contributed by atoms with E-state index in [1.165, 1.54) is 12.8 Å². The van der Waals surface area contributed by atoms with E-state index in [4.69, 9.17) is 11.0 Å². The Bertz CT molecular complexity index is 443. The minimum Gasteiger partial charge on any atom is -0.398 e. The van der Waals surface area contributed by atoms with Crippen LogP contribution in [0.25, 0.3) is 0 Å². The molecule has 0 atom stereocenters. The molecule has 0 bridgehead atoms. The van der Waals surface area contributed by atoms with Crippen LogP contribution in [-0.2, 0) is 0 Å². The summed E-state index contributed by atoms with van der Waals surface area (Å²) in [5.74, 6) is 0. The molecule has 2 N–H and O–H groups in total. The van der Waals surface area contributed by atoms with Gasteiger partial charge in [0.15, 0.2) is 0 Å². The van der Waals surface area contributed by atoms with Crippen LogP contribution < -0.4 is 10.6 Å². The van der Waals surface area contributed by atoms with Gasteiger partial charge < -0.3 is 10.6 Å². The quantitative estimate of drug-likeness (QED) is 0.732. The molecule has 1 heterocycles. The first-order valence-corrected chi connectivity index (χ1v) is 5.62. The van der Waals surface area contributed by atoms with Crippen LogP contribution in [-0.4, -0.2) is 12.1 Å². The normalized spacial score (nSPS) is 18.4. The molecule has 0 aromatic heterocycles. The van der Waals surface area contributed by atoms with Crippen molar-refractivity contribution in [2.75, 3.05) is 17.2 Å². The van der Waals surface area contributed by atoms with Gasteiger partial charge in [-0.2, -0.15) is 5.26 Å². The molecule has 0 unspecified atom stereocenters. The largest absolute Gasteiger partial charge is 0.398 e. The monoisotopic (exact) mass is 215 g/mol. The van der Waals surface area contributed by atoms with Crippen molar-refractivity contribution in [1.29, 1.82) is 5.26 Å². The van der Waals surface area contributed by atoms with Crippen LogP contribution in [0.15, 0.2) is 18.2 Å². The van der Waals surface area contributed by atoms with E-state index >= 15 is 0 Å². The maximum atomic E-state index is 8.83. The summed E-state index contributed by atoms with van der Waals surface area (Å²) in [5.41, 5.74) is 8.29. The van der Waals surface area contributed by atoms with Crippen LogP contribution in [0, 0.1) is 11.3 Å². The molecule has 2 rings (SSSR count). The number of hydrogen-bond donors (Lipinski definition) is 1. The Labute approximate surface area is 96.5 Å². The van der Waals surface area contributed by atoms with Gasteiger partial charge in [-0.15, -0.1) is 0 Å². The molecular weight excluding hydrogens is 198 g/mol. The van der Waals surface area contributed by atoms with Crippen LogP contribution >= 0.6 is 0 Å². The third-order valence-electron chi connectivity index (χ3n) is 3.37. The molecule has 1 aromatic carbocycles. The van der Waals surface area contributed by atoms with Gasteiger partial charge in [0, 0.05) is 17.8 Å². The highest BCUT2D eigenvalue weighted by molar-refractivity contribution is 5.64. The van der Waals surface area contributed by atoms with Crippen molar-refractivity contribution in [2.45, 2.75) is 32.2 Å². The van der Waals surface area contributed by atoms with Crippen molar-refractivity contribution < 1.29 is 0 Å². The average molecular weight is 215 g/mol. The molecule has 0 spiro atoms. The second-order valence-electron chi connectivity index (χ2n) is 4.95. The van der Waals surface area contributed by atoms with Crippen molar-refractivity contribution in [2.24, 2.45) is 0 Å². The molecule has 1 fully saturated rings. The second-order valence-corrected chi connectivity index (χ2v) is 4.95. The first-order valence-electron chi connectivity index (χ1n) is 5.62. The summed E-state index contributed by atoms with van der Waals surface area (Å²) in [5, 5.41) is 8.83. The zero-order chi connectivity index (χ0) is 11.8. The molecule has 3 nitrogen and oxygen atoms in total. The Balaban J connectivity index is 2.36. The fraction of sp³-hybridized carbons (Fsp3) is 0.462. The van der Waals surface area contributed by atoms with Crippen LogP contribution in [0.4, 0.5) is 11.4 Å². The maximum absolute atomic E-state index is 8.83. The van der Waals surface area contributed by atoms with Gasteiger partial charge in [0.2, 0.25) is 0 Å². The second kappa shape index (κ2) is 3.71. The highest BCUT2D eigenvalue weighted by Gasteiger charge is 2.31. The van der Waals surface area contributed by atoms with Gasteiger partial charge in [-0.1, -0.05) is 0 Å². The Morgan fingerprint density at radius 2 is 2.19 bits per heavy atom. The van der Waals surface area contributed by atoms with Crippen molar-refractivity contribution >= 4 is 11.4 Å². The van der Waals surface area contributed by atoms with Crippen LogP contribution in [0.2, 0.25) is 0 Å². The molecule has 1 aromatic rings. The van der Waals surface area contributed by atoms with E-state index in [9.17, 15) is 0 Å². The number of nitrogen functional groups attached to an aromatic ring is 1. The van der Waals surface area contributed by atoms with Crippen LogP contribution in [0.1, 0.15) is 32.3 Å². The topological polar surface area (TPSA) is 53.0 Å². The molecule has 0 radical (unpaired) electrons. The van der Waals surface area contributed by atoms with E-state index < -0.39 is 0 Å². The Morgan fingerprint density at radius 3 is 2.69 bits per heavy atom. The maximum Gasteiger partial charge on any atom is 0.101 e. The molecule has 0 aliphatic carbocycles. The van der Waals surface area contributed by atoms with E-state index in [0.717, 1.165) is 12.2 Å². The fourth-order valence-corrected chi connectivity index (χ4v) is 2.41. The lowest BCUT2D eigenvalue weighted by Gasteiger charge is -2.34. The third kappa shape index (κ3) is 1.71. The molecule has 1 aliphatic rings. The summed E-state index contributed by atoms with van der Waals surface area (Å²) in [7, 11) is 0. The fourth-order valence-electron chi connectivity index (χ4n) is 2.41. The Kier molecular flexibility index (Phi) is 2.51. The van der Waals surface area contributed by atoms with Crippen LogP contribution in [0.3, 0.4) is 0 Å². The molecular formula is C13H17N3. The standard InChI is InChI=1S/C13H17N3/c1-13(2)6-3-7-16(13)11-5-4-10(9-14)12(15)8-11/h4-5,8H,3,6-7,15H2,1-2H3. The number of nitrogens with zero attached hydrogens (tertiary/aromatic N) is 2. The first-order chi connectivity index (χ1) is 7.54. The highest BCUT2D eigenvalue weighted by Crippen LogP contribution is 2.34. The van der Waals surface area contributed by atoms with Gasteiger partial charge in [0.25, 0.3) is 0 Å². The van der Waals surface area contributed by atoms with E-state index in [0.29, 0.717) is 11.3 Å². The van der Waals surface area contributed by atoms with E-state index in [-0.39, 0.29) is 5.54 Å². The van der Waals surface area contributed by atoms with E-state index in [1.807, 2.05) is 12.1 Å². The lowest BCUT2D eigenvalue weighted by Crippen LogP contribution is -2.38. The number of benzene rings is 1. The summed E-state index contributed by atoms with van der Waals surface area (Å²) in [4.78, 5) is 2.37. The van der Waals surface area contributed by atoms with Crippen molar-refractivity contribution in [1.82, 2.24) is 0 Å². The number of hydrogen-bond acceptors (Lipinski definition) is 3. The van der Waals surface area contributed by atoms with Gasteiger partial charge >= 0.3 is 0 Å². The molecule has 84 valence electrons. The summed E-state index contributed by atoms with van der Waals surface area (Å²) in [6.45, 7) is 5.56. The number of nitriles is 1. The Morgan fingerprint density at radius 1 is 1.44 bits per heavy atom. The lowest BCUT2D eigenvalue weighted by molar-refractivity contribution is 0.518. The van der Waals surface area contributed by atoms with Gasteiger partial charge in [0.05, 0.1) is 11.3 Å². The zero-order valence-electron chi connectivity index (χ0n) is 9.83. The molecule has 0 saturated carbocycles. The van der Waals surface area contributed by atoms with E-state index in [2.05, 4.69) is 24.8 Å². The van der Waals surface area contributed by atoms with Crippen molar-refractivity contribution in [3.63, 3.8) is 0 Å². The zero-order valence-corrected chi connectivity index (χ0v) is 9.83. The summed E-state index contributed by atoms with van der Waals surface area (Å²) in [6, 6.07) is 7.79. The summed E-state index contributed by atoms with van der Waals surface area (Å²) < 4.78 is 0. The van der Waals surface area contributed by atoms with Gasteiger partial charge in [-0.3, -0.25) is 0 Å². The highest BCUT2D eigenvalue weighted by atomic mass is 15.2. The molecule has 1 aliphatic heterocycles. The molecule has 1 saturated heterocycles. The smallest absolute Gasteiger partial charge is 0.101 e. The third-order valence-corrected chi connectivity index (χ3v) is 3.37. The SMILES string of the molecule is CC1(C)CCCN1c1ccc(C#N)c(N)c1. The van der Waals surface area contributed by atoms with Gasteiger partial charge in [-0.25, -0.2) is 0 Å². The predicted molar refractivity (Wildman–Crippen MR) is 66.2 cm³/mol. The molecule has 3 heteroatoms. The van der Waals surface area contributed by atoms with Crippen molar-refractivity contribution in [3.8, 4) is 6.07 Å². The van der Waals surface area contributed by atoms with Gasteiger partial charge in [-0.05, 0) is 44.9 Å². The predicted octanol–water partition coefficient (Wildman–Crippen LogP) is 2.52. The van der Waals surface area contributed by atoms with E-state index in [1.54, 1.807) is 6.07 Å².